The molecule has 2 aromatic carbocycles. The lowest BCUT2D eigenvalue weighted by Crippen LogP contribution is -2.06. The summed E-state index contributed by atoms with van der Waals surface area (Å²) in [7, 11) is 1.58. The number of carbonyl (C=O) groups excluding carboxylic acids is 1. The van der Waals surface area contributed by atoms with E-state index in [1.165, 1.54) is 0 Å². The second kappa shape index (κ2) is 8.96. The predicted octanol–water partition coefficient (Wildman–Crippen LogP) is 5.33. The molecular weight excluding hydrogens is 493 g/mol. The number of ether oxygens (including phenoxy) is 3. The highest BCUT2D eigenvalue weighted by atomic mass is 127. The lowest BCUT2D eigenvalue weighted by atomic mass is 10.1. The molecule has 0 aromatic heterocycles. The topological polar surface area (TPSA) is 57.1 Å². The molecule has 0 amide bonds. The van der Waals surface area contributed by atoms with Crippen LogP contribution in [0.1, 0.15) is 25.0 Å². The molecule has 0 unspecified atom stereocenters. The zero-order valence-electron chi connectivity index (χ0n) is 15.7. The van der Waals surface area contributed by atoms with Crippen LogP contribution in [-0.2, 0) is 9.53 Å². The summed E-state index contributed by atoms with van der Waals surface area (Å²) in [6.45, 7) is 4.74. The van der Waals surface area contributed by atoms with E-state index in [9.17, 15) is 4.79 Å². The van der Waals surface area contributed by atoms with Crippen LogP contribution in [0.2, 0.25) is 5.02 Å². The Labute approximate surface area is 182 Å². The summed E-state index contributed by atoms with van der Waals surface area (Å²) in [5, 5.41) is 0.474. The maximum absolute atomic E-state index is 12.3. The number of rotatable bonds is 6. The fraction of sp³-hybridized carbons (Fsp3) is 0.238. The molecule has 0 N–H and O–H groups in total. The zero-order valence-corrected chi connectivity index (χ0v) is 18.6. The fourth-order valence-electron chi connectivity index (χ4n) is 2.49. The van der Waals surface area contributed by atoms with Crippen molar-refractivity contribution >= 4 is 52.1 Å². The van der Waals surface area contributed by atoms with Gasteiger partial charge >= 0.3 is 5.97 Å². The van der Waals surface area contributed by atoms with Gasteiger partial charge in [-0.1, -0.05) is 31.5 Å². The Morgan fingerprint density at radius 2 is 2.00 bits per heavy atom. The molecule has 0 bridgehead atoms. The summed E-state index contributed by atoms with van der Waals surface area (Å²) in [5.74, 6) is 1.32. The van der Waals surface area contributed by atoms with Crippen molar-refractivity contribution in [1.29, 1.82) is 0 Å². The molecule has 3 rings (SSSR count). The first-order valence-corrected chi connectivity index (χ1v) is 10.1. The van der Waals surface area contributed by atoms with Crippen molar-refractivity contribution < 1.29 is 19.0 Å². The van der Waals surface area contributed by atoms with E-state index in [-0.39, 0.29) is 11.6 Å². The van der Waals surface area contributed by atoms with E-state index in [0.29, 0.717) is 34.6 Å². The second-order valence-corrected chi connectivity index (χ2v) is 8.23. The summed E-state index contributed by atoms with van der Waals surface area (Å²) in [5.41, 5.74) is 1.53. The van der Waals surface area contributed by atoms with Gasteiger partial charge in [0.15, 0.2) is 17.2 Å². The van der Waals surface area contributed by atoms with Crippen LogP contribution in [0.25, 0.3) is 6.08 Å². The number of methoxy groups -OCH3 is 1. The van der Waals surface area contributed by atoms with Crippen molar-refractivity contribution in [3.63, 3.8) is 0 Å². The van der Waals surface area contributed by atoms with Gasteiger partial charge in [0, 0.05) is 3.57 Å². The minimum atomic E-state index is -0.524. The molecule has 0 fully saturated rings. The number of cyclic esters (lactones) is 1. The molecule has 0 atom stereocenters. The van der Waals surface area contributed by atoms with Gasteiger partial charge in [0.1, 0.15) is 0 Å². The Balaban J connectivity index is 1.89. The van der Waals surface area contributed by atoms with Gasteiger partial charge in [0.2, 0.25) is 5.90 Å². The number of carbonyl (C=O) groups is 1. The van der Waals surface area contributed by atoms with Crippen molar-refractivity contribution in [3.05, 3.63) is 61.8 Å². The quantitative estimate of drug-likeness (QED) is 0.299. The Hall–Kier alpha value is -2.06. The number of hydrogen-bond donors (Lipinski definition) is 0. The molecule has 146 valence electrons. The lowest BCUT2D eigenvalue weighted by Gasteiger charge is -2.12. The zero-order chi connectivity index (χ0) is 20.3. The van der Waals surface area contributed by atoms with E-state index in [1.54, 1.807) is 25.3 Å². The third-order valence-corrected chi connectivity index (χ3v) is 4.84. The van der Waals surface area contributed by atoms with Crippen LogP contribution in [0.3, 0.4) is 0 Å². The highest BCUT2D eigenvalue weighted by Gasteiger charge is 2.26. The van der Waals surface area contributed by atoms with Crippen molar-refractivity contribution in [2.24, 2.45) is 10.9 Å². The van der Waals surface area contributed by atoms with Gasteiger partial charge in [-0.05, 0) is 70.5 Å². The van der Waals surface area contributed by atoms with E-state index in [2.05, 4.69) is 41.4 Å². The van der Waals surface area contributed by atoms with Crippen LogP contribution in [0.4, 0.5) is 0 Å². The van der Waals surface area contributed by atoms with Gasteiger partial charge in [-0.3, -0.25) is 0 Å². The molecule has 1 aliphatic heterocycles. The first-order valence-electron chi connectivity index (χ1n) is 8.66. The van der Waals surface area contributed by atoms with Crippen LogP contribution in [0, 0.1) is 9.49 Å². The smallest absolute Gasteiger partial charge is 0.363 e. The van der Waals surface area contributed by atoms with Crippen LogP contribution in [0.5, 0.6) is 11.5 Å². The molecule has 1 aliphatic rings. The molecule has 0 aliphatic carbocycles. The summed E-state index contributed by atoms with van der Waals surface area (Å²) in [4.78, 5) is 16.6. The summed E-state index contributed by atoms with van der Waals surface area (Å²) >= 11 is 8.38. The largest absolute Gasteiger partial charge is 0.493 e. The van der Waals surface area contributed by atoms with Gasteiger partial charge in [0.25, 0.3) is 0 Å². The first-order chi connectivity index (χ1) is 13.4. The molecular formula is C21H19ClINO4. The number of hydrogen-bond acceptors (Lipinski definition) is 5. The van der Waals surface area contributed by atoms with Gasteiger partial charge in [-0.15, -0.1) is 0 Å². The SMILES string of the molecule is COc1cc(/C=C2\N=C(c3cc(I)ccc3Cl)OC2=O)ccc1OCC(C)C. The van der Waals surface area contributed by atoms with Crippen LogP contribution in [0.15, 0.2) is 47.1 Å². The van der Waals surface area contributed by atoms with Gasteiger partial charge < -0.3 is 14.2 Å². The van der Waals surface area contributed by atoms with E-state index >= 15 is 0 Å². The van der Waals surface area contributed by atoms with E-state index in [4.69, 9.17) is 25.8 Å². The number of benzene rings is 2. The third kappa shape index (κ3) is 4.86. The monoisotopic (exact) mass is 511 g/mol. The molecule has 28 heavy (non-hydrogen) atoms. The highest BCUT2D eigenvalue weighted by Crippen LogP contribution is 2.30. The van der Waals surface area contributed by atoms with E-state index in [0.717, 1.165) is 9.13 Å². The van der Waals surface area contributed by atoms with Crippen LogP contribution in [-0.4, -0.2) is 25.6 Å². The molecule has 0 spiro atoms. The lowest BCUT2D eigenvalue weighted by molar-refractivity contribution is -0.129. The molecule has 2 aromatic rings. The molecule has 0 saturated carbocycles. The molecule has 5 nitrogen and oxygen atoms in total. The maximum atomic E-state index is 12.3. The third-order valence-electron chi connectivity index (χ3n) is 3.84. The Kier molecular flexibility index (Phi) is 6.61. The summed E-state index contributed by atoms with van der Waals surface area (Å²) in [6.07, 6.45) is 1.64. The number of esters is 1. The first kappa shape index (κ1) is 20.7. The second-order valence-electron chi connectivity index (χ2n) is 6.58. The average molecular weight is 512 g/mol. The normalized spacial score (nSPS) is 15.0. The highest BCUT2D eigenvalue weighted by molar-refractivity contribution is 14.1. The standard InChI is InChI=1S/C21H19ClINO4/c1-12(2)11-27-18-7-4-13(9-19(18)26-3)8-17-21(25)28-20(24-17)15-10-14(23)5-6-16(15)22/h4-10,12H,11H2,1-3H3/b17-8-. The van der Waals surface area contributed by atoms with Crippen molar-refractivity contribution in [3.8, 4) is 11.5 Å². The molecule has 0 saturated heterocycles. The van der Waals surface area contributed by atoms with Crippen molar-refractivity contribution in [2.75, 3.05) is 13.7 Å². The molecule has 0 radical (unpaired) electrons. The predicted molar refractivity (Wildman–Crippen MR) is 118 cm³/mol. The molecule has 1 heterocycles. The van der Waals surface area contributed by atoms with E-state index in [1.807, 2.05) is 24.3 Å². The fourth-order valence-corrected chi connectivity index (χ4v) is 3.18. The number of aliphatic imine (C=N–C) groups is 1. The summed E-state index contributed by atoms with van der Waals surface area (Å²) in [6, 6.07) is 10.9. The average Bonchev–Trinajstić information content (AvgIpc) is 3.02. The Bertz CT molecular complexity index is 969. The Morgan fingerprint density at radius 1 is 1.21 bits per heavy atom. The maximum Gasteiger partial charge on any atom is 0.363 e. The number of nitrogens with zero attached hydrogens (tertiary/aromatic N) is 1. The van der Waals surface area contributed by atoms with Gasteiger partial charge in [-0.25, -0.2) is 9.79 Å². The minimum absolute atomic E-state index is 0.197. The van der Waals surface area contributed by atoms with Gasteiger partial charge in [0.05, 0.1) is 24.3 Å². The Morgan fingerprint density at radius 3 is 2.71 bits per heavy atom. The van der Waals surface area contributed by atoms with Gasteiger partial charge in [-0.2, -0.15) is 0 Å². The number of halogens is 2. The van der Waals surface area contributed by atoms with Crippen LogP contribution >= 0.6 is 34.2 Å². The van der Waals surface area contributed by atoms with Crippen LogP contribution < -0.4 is 9.47 Å². The van der Waals surface area contributed by atoms with E-state index < -0.39 is 5.97 Å². The van der Waals surface area contributed by atoms with Crippen molar-refractivity contribution in [2.45, 2.75) is 13.8 Å². The summed E-state index contributed by atoms with van der Waals surface area (Å²) < 4.78 is 17.4. The molecule has 7 heteroatoms. The van der Waals surface area contributed by atoms with Crippen molar-refractivity contribution in [1.82, 2.24) is 0 Å². The minimum Gasteiger partial charge on any atom is -0.493 e.